The predicted octanol–water partition coefficient (Wildman–Crippen LogP) is 3.11. The maximum absolute atomic E-state index is 12.1. The van der Waals surface area contributed by atoms with Crippen molar-refractivity contribution < 1.29 is 17.9 Å². The number of amides is 1. The van der Waals surface area contributed by atoms with Crippen molar-refractivity contribution in [3.63, 3.8) is 0 Å². The summed E-state index contributed by atoms with van der Waals surface area (Å²) in [5, 5.41) is 2.84. The molecule has 2 N–H and O–H groups in total. The summed E-state index contributed by atoms with van der Waals surface area (Å²) in [4.78, 5) is 12.1. The van der Waals surface area contributed by atoms with E-state index in [2.05, 4.69) is 10.0 Å². The monoisotopic (exact) mass is 404 g/mol. The second kappa shape index (κ2) is 12.2. The first-order valence-electron chi connectivity index (χ1n) is 9.57. The van der Waals surface area contributed by atoms with Gasteiger partial charge in [-0.05, 0) is 37.1 Å². The SMILES string of the molecule is O=C(CCCCCCNS(=O)(=O)c1ccccc1)NCCOc1ccccc1. The van der Waals surface area contributed by atoms with Gasteiger partial charge in [-0.15, -0.1) is 0 Å². The highest BCUT2D eigenvalue weighted by Gasteiger charge is 2.11. The Hall–Kier alpha value is -2.38. The average molecular weight is 405 g/mol. The van der Waals surface area contributed by atoms with Crippen molar-refractivity contribution in [3.8, 4) is 5.75 Å². The van der Waals surface area contributed by atoms with E-state index in [1.54, 1.807) is 30.3 Å². The lowest BCUT2D eigenvalue weighted by atomic mass is 10.1. The number of benzene rings is 2. The third-order valence-electron chi connectivity index (χ3n) is 4.11. The molecular formula is C21H28N2O4S. The van der Waals surface area contributed by atoms with Crippen LogP contribution in [0.2, 0.25) is 0 Å². The van der Waals surface area contributed by atoms with Crippen molar-refractivity contribution in [1.29, 1.82) is 0 Å². The molecule has 6 nitrogen and oxygen atoms in total. The highest BCUT2D eigenvalue weighted by Crippen LogP contribution is 2.09. The van der Waals surface area contributed by atoms with Crippen LogP contribution in [0.1, 0.15) is 32.1 Å². The number of carbonyl (C=O) groups is 1. The smallest absolute Gasteiger partial charge is 0.240 e. The van der Waals surface area contributed by atoms with E-state index in [-0.39, 0.29) is 10.8 Å². The second-order valence-corrected chi connectivity index (χ2v) is 8.15. The van der Waals surface area contributed by atoms with Crippen molar-refractivity contribution in [3.05, 3.63) is 60.7 Å². The summed E-state index contributed by atoms with van der Waals surface area (Å²) in [5.41, 5.74) is 0. The maximum Gasteiger partial charge on any atom is 0.240 e. The van der Waals surface area contributed by atoms with Crippen molar-refractivity contribution in [2.75, 3.05) is 19.7 Å². The lowest BCUT2D eigenvalue weighted by molar-refractivity contribution is -0.121. The van der Waals surface area contributed by atoms with E-state index >= 15 is 0 Å². The van der Waals surface area contributed by atoms with Gasteiger partial charge in [0.15, 0.2) is 0 Å². The minimum atomic E-state index is -3.43. The van der Waals surface area contributed by atoms with Crippen LogP contribution in [0.25, 0.3) is 0 Å². The van der Waals surface area contributed by atoms with Crippen LogP contribution in [0, 0.1) is 0 Å². The average Bonchev–Trinajstić information content (AvgIpc) is 2.72. The summed E-state index contributed by atoms with van der Waals surface area (Å²) in [5.74, 6) is 0.807. The van der Waals surface area contributed by atoms with Gasteiger partial charge in [-0.1, -0.05) is 49.2 Å². The number of ether oxygens (including phenoxy) is 1. The number of sulfonamides is 1. The zero-order valence-corrected chi connectivity index (χ0v) is 16.8. The Morgan fingerprint density at radius 2 is 1.46 bits per heavy atom. The number of unbranched alkanes of at least 4 members (excludes halogenated alkanes) is 3. The van der Waals surface area contributed by atoms with Gasteiger partial charge < -0.3 is 10.1 Å². The Balaban J connectivity index is 1.46. The van der Waals surface area contributed by atoms with Gasteiger partial charge in [0.2, 0.25) is 15.9 Å². The molecule has 2 aromatic rings. The highest BCUT2D eigenvalue weighted by atomic mass is 32.2. The molecule has 0 aliphatic heterocycles. The Labute approximate surface area is 167 Å². The summed E-state index contributed by atoms with van der Waals surface area (Å²) in [7, 11) is -3.43. The van der Waals surface area contributed by atoms with Crippen molar-refractivity contribution in [2.45, 2.75) is 37.0 Å². The van der Waals surface area contributed by atoms with E-state index in [1.807, 2.05) is 30.3 Å². The largest absolute Gasteiger partial charge is 0.492 e. The fourth-order valence-electron chi connectivity index (χ4n) is 2.62. The van der Waals surface area contributed by atoms with Gasteiger partial charge in [0.1, 0.15) is 12.4 Å². The van der Waals surface area contributed by atoms with E-state index in [0.717, 1.165) is 31.4 Å². The quantitative estimate of drug-likeness (QED) is 0.503. The van der Waals surface area contributed by atoms with Crippen LogP contribution < -0.4 is 14.8 Å². The molecule has 0 saturated carbocycles. The van der Waals surface area contributed by atoms with Crippen molar-refractivity contribution in [1.82, 2.24) is 10.0 Å². The molecule has 1 amide bonds. The lowest BCUT2D eigenvalue weighted by Gasteiger charge is -2.08. The molecule has 7 heteroatoms. The molecule has 152 valence electrons. The first-order valence-corrected chi connectivity index (χ1v) is 11.1. The summed E-state index contributed by atoms with van der Waals surface area (Å²) < 4.78 is 32.2. The molecule has 28 heavy (non-hydrogen) atoms. The topological polar surface area (TPSA) is 84.5 Å². The minimum Gasteiger partial charge on any atom is -0.492 e. The molecule has 0 radical (unpaired) electrons. The maximum atomic E-state index is 12.1. The normalized spacial score (nSPS) is 11.1. The van der Waals surface area contributed by atoms with E-state index in [0.29, 0.717) is 26.1 Å². The number of rotatable bonds is 13. The third kappa shape index (κ3) is 8.54. The number of carbonyl (C=O) groups excluding carboxylic acids is 1. The minimum absolute atomic E-state index is 0.0152. The third-order valence-corrected chi connectivity index (χ3v) is 5.59. The van der Waals surface area contributed by atoms with E-state index in [1.165, 1.54) is 0 Å². The van der Waals surface area contributed by atoms with Crippen LogP contribution in [-0.2, 0) is 14.8 Å². The molecule has 0 spiro atoms. The predicted molar refractivity (Wildman–Crippen MR) is 110 cm³/mol. The molecule has 0 unspecified atom stereocenters. The van der Waals surface area contributed by atoms with Gasteiger partial charge in [0, 0.05) is 13.0 Å². The Bertz CT molecular complexity index is 796. The van der Waals surface area contributed by atoms with Gasteiger partial charge in [-0.2, -0.15) is 0 Å². The van der Waals surface area contributed by atoms with Gasteiger partial charge >= 0.3 is 0 Å². The first-order chi connectivity index (χ1) is 13.6. The van der Waals surface area contributed by atoms with Crippen LogP contribution in [0.4, 0.5) is 0 Å². The molecule has 2 rings (SSSR count). The number of hydrogen-bond donors (Lipinski definition) is 2. The molecule has 0 aromatic heterocycles. The molecule has 0 aliphatic carbocycles. The van der Waals surface area contributed by atoms with E-state index in [4.69, 9.17) is 4.74 Å². The molecule has 0 aliphatic rings. The number of nitrogens with one attached hydrogen (secondary N) is 2. The zero-order chi connectivity index (χ0) is 20.1. The lowest BCUT2D eigenvalue weighted by Crippen LogP contribution is -2.27. The summed E-state index contributed by atoms with van der Waals surface area (Å²) in [6.45, 7) is 1.33. The highest BCUT2D eigenvalue weighted by molar-refractivity contribution is 7.89. The molecule has 0 saturated heterocycles. The van der Waals surface area contributed by atoms with Gasteiger partial charge in [0.05, 0.1) is 11.4 Å². The van der Waals surface area contributed by atoms with E-state index in [9.17, 15) is 13.2 Å². The standard InChI is InChI=1S/C21H28N2O4S/c24-21(22-17-18-27-19-11-5-3-6-12-19)15-9-1-2-10-16-23-28(25,26)20-13-7-4-8-14-20/h3-8,11-14,23H,1-2,9-10,15-18H2,(H,22,24). The summed E-state index contributed by atoms with van der Waals surface area (Å²) in [6.07, 6.45) is 3.78. The molecule has 0 fully saturated rings. The molecular weight excluding hydrogens is 376 g/mol. The molecule has 0 heterocycles. The van der Waals surface area contributed by atoms with Crippen molar-refractivity contribution in [2.24, 2.45) is 0 Å². The molecule has 0 atom stereocenters. The van der Waals surface area contributed by atoms with Crippen LogP contribution >= 0.6 is 0 Å². The fraction of sp³-hybridized carbons (Fsp3) is 0.381. The fourth-order valence-corrected chi connectivity index (χ4v) is 3.71. The molecule has 2 aromatic carbocycles. The van der Waals surface area contributed by atoms with Crippen LogP contribution in [0.3, 0.4) is 0 Å². The second-order valence-electron chi connectivity index (χ2n) is 6.39. The summed E-state index contributed by atoms with van der Waals surface area (Å²) in [6, 6.07) is 17.8. The molecule has 0 bridgehead atoms. The first kappa shape index (κ1) is 21.9. The van der Waals surface area contributed by atoms with Gasteiger partial charge in [-0.25, -0.2) is 13.1 Å². The van der Waals surface area contributed by atoms with Crippen LogP contribution in [0.15, 0.2) is 65.6 Å². The number of para-hydroxylation sites is 1. The van der Waals surface area contributed by atoms with Gasteiger partial charge in [-0.3, -0.25) is 4.79 Å². The van der Waals surface area contributed by atoms with Gasteiger partial charge in [0.25, 0.3) is 0 Å². The zero-order valence-electron chi connectivity index (χ0n) is 16.0. The van der Waals surface area contributed by atoms with Crippen molar-refractivity contribution >= 4 is 15.9 Å². The Morgan fingerprint density at radius 3 is 2.18 bits per heavy atom. The van der Waals surface area contributed by atoms with Crippen LogP contribution in [0.5, 0.6) is 5.75 Å². The Kier molecular flexibility index (Phi) is 9.51. The van der Waals surface area contributed by atoms with Crippen LogP contribution in [-0.4, -0.2) is 34.0 Å². The number of hydrogen-bond acceptors (Lipinski definition) is 4. The Morgan fingerprint density at radius 1 is 0.821 bits per heavy atom. The van der Waals surface area contributed by atoms with E-state index < -0.39 is 10.0 Å². The summed E-state index contributed by atoms with van der Waals surface area (Å²) >= 11 is 0.